The van der Waals surface area contributed by atoms with Crippen LogP contribution in [0.1, 0.15) is 17.5 Å². The molecule has 1 rings (SSSR count). The van der Waals surface area contributed by atoms with Crippen molar-refractivity contribution in [3.63, 3.8) is 0 Å². The molecule has 0 saturated heterocycles. The van der Waals surface area contributed by atoms with E-state index in [9.17, 15) is 4.79 Å². The predicted molar refractivity (Wildman–Crippen MR) is 66.3 cm³/mol. The smallest absolute Gasteiger partial charge is 0.224 e. The Morgan fingerprint density at radius 3 is 2.60 bits per heavy atom. The molecule has 82 valence electrons. The Bertz CT molecular complexity index is 308. The van der Waals surface area contributed by atoms with Crippen LogP contribution in [0.15, 0.2) is 24.3 Å². The first-order valence-corrected chi connectivity index (χ1v) is 6.22. The molecule has 2 nitrogen and oxygen atoms in total. The molecule has 0 aliphatic rings. The lowest BCUT2D eigenvalue weighted by Gasteiger charge is -2.04. The minimum absolute atomic E-state index is 0.0970. The van der Waals surface area contributed by atoms with E-state index in [1.807, 2.05) is 31.2 Å². The molecular formula is C12H16BrNO. The summed E-state index contributed by atoms with van der Waals surface area (Å²) in [5.41, 5.74) is 2.29. The van der Waals surface area contributed by atoms with E-state index in [1.54, 1.807) is 0 Å². The lowest BCUT2D eigenvalue weighted by Crippen LogP contribution is -2.26. The van der Waals surface area contributed by atoms with Crippen LogP contribution in [0.5, 0.6) is 0 Å². The summed E-state index contributed by atoms with van der Waals surface area (Å²) in [5, 5.41) is 3.81. The van der Waals surface area contributed by atoms with Gasteiger partial charge in [-0.05, 0) is 18.9 Å². The minimum Gasteiger partial charge on any atom is -0.356 e. The van der Waals surface area contributed by atoms with E-state index in [0.717, 1.165) is 23.9 Å². The molecule has 0 aliphatic carbocycles. The molecule has 0 spiro atoms. The van der Waals surface area contributed by atoms with Gasteiger partial charge in [-0.1, -0.05) is 45.8 Å². The van der Waals surface area contributed by atoms with E-state index in [4.69, 9.17) is 0 Å². The third-order valence-electron chi connectivity index (χ3n) is 2.12. The molecule has 1 N–H and O–H groups in total. The van der Waals surface area contributed by atoms with Gasteiger partial charge in [-0.2, -0.15) is 0 Å². The number of hydrogen-bond acceptors (Lipinski definition) is 1. The van der Waals surface area contributed by atoms with Gasteiger partial charge in [0.2, 0.25) is 5.91 Å². The lowest BCUT2D eigenvalue weighted by atomic mass is 10.1. The number of amides is 1. The molecule has 0 unspecified atom stereocenters. The Kier molecular flexibility index (Phi) is 5.40. The molecular weight excluding hydrogens is 254 g/mol. The fourth-order valence-electron chi connectivity index (χ4n) is 1.25. The largest absolute Gasteiger partial charge is 0.356 e. The van der Waals surface area contributed by atoms with Crippen molar-refractivity contribution in [2.24, 2.45) is 0 Å². The van der Waals surface area contributed by atoms with Crippen molar-refractivity contribution in [1.82, 2.24) is 5.32 Å². The SMILES string of the molecule is Cc1ccc(CC(=O)NCCCBr)cc1. The number of halogens is 1. The molecule has 0 bridgehead atoms. The molecule has 1 amide bonds. The van der Waals surface area contributed by atoms with E-state index in [1.165, 1.54) is 5.56 Å². The van der Waals surface area contributed by atoms with Crippen LogP contribution in [0, 0.1) is 6.92 Å². The molecule has 0 aliphatic heterocycles. The minimum atomic E-state index is 0.0970. The van der Waals surface area contributed by atoms with Gasteiger partial charge in [0.15, 0.2) is 0 Å². The third-order valence-corrected chi connectivity index (χ3v) is 2.68. The molecule has 0 fully saturated rings. The fourth-order valence-corrected chi connectivity index (χ4v) is 1.53. The summed E-state index contributed by atoms with van der Waals surface area (Å²) in [5.74, 6) is 0.0970. The van der Waals surface area contributed by atoms with Crippen LogP contribution in [0.4, 0.5) is 0 Å². The highest BCUT2D eigenvalue weighted by atomic mass is 79.9. The number of benzene rings is 1. The van der Waals surface area contributed by atoms with Crippen LogP contribution in [0.2, 0.25) is 0 Å². The normalized spacial score (nSPS) is 10.0. The van der Waals surface area contributed by atoms with Crippen molar-refractivity contribution < 1.29 is 4.79 Å². The monoisotopic (exact) mass is 269 g/mol. The predicted octanol–water partition coefficient (Wildman–Crippen LogP) is 2.44. The highest BCUT2D eigenvalue weighted by Crippen LogP contribution is 2.03. The van der Waals surface area contributed by atoms with Crippen LogP contribution in [0.3, 0.4) is 0 Å². The number of nitrogens with one attached hydrogen (secondary N) is 1. The summed E-state index contributed by atoms with van der Waals surface area (Å²) in [7, 11) is 0. The average Bonchev–Trinajstić information content (AvgIpc) is 2.22. The van der Waals surface area contributed by atoms with Gasteiger partial charge in [0, 0.05) is 11.9 Å². The number of rotatable bonds is 5. The first-order valence-electron chi connectivity index (χ1n) is 5.10. The number of carbonyl (C=O) groups is 1. The van der Waals surface area contributed by atoms with Gasteiger partial charge >= 0.3 is 0 Å². The van der Waals surface area contributed by atoms with Crippen LogP contribution < -0.4 is 5.32 Å². The molecule has 1 aromatic rings. The van der Waals surface area contributed by atoms with Crippen molar-refractivity contribution in [3.05, 3.63) is 35.4 Å². The van der Waals surface area contributed by atoms with Gasteiger partial charge in [-0.25, -0.2) is 0 Å². The van der Waals surface area contributed by atoms with Gasteiger partial charge in [0.05, 0.1) is 6.42 Å². The third kappa shape index (κ3) is 4.98. The molecule has 1 aromatic carbocycles. The molecule has 0 aromatic heterocycles. The van der Waals surface area contributed by atoms with Crippen LogP contribution in [-0.4, -0.2) is 17.8 Å². The first-order chi connectivity index (χ1) is 7.22. The van der Waals surface area contributed by atoms with Crippen molar-refractivity contribution in [1.29, 1.82) is 0 Å². The summed E-state index contributed by atoms with van der Waals surface area (Å²) in [4.78, 5) is 11.4. The summed E-state index contributed by atoms with van der Waals surface area (Å²) >= 11 is 3.32. The molecule has 3 heteroatoms. The Morgan fingerprint density at radius 2 is 2.00 bits per heavy atom. The Labute approximate surface area is 99.2 Å². The highest BCUT2D eigenvalue weighted by Gasteiger charge is 2.01. The van der Waals surface area contributed by atoms with Crippen molar-refractivity contribution in [2.45, 2.75) is 19.8 Å². The summed E-state index contributed by atoms with van der Waals surface area (Å²) < 4.78 is 0. The topological polar surface area (TPSA) is 29.1 Å². The van der Waals surface area contributed by atoms with E-state index in [0.29, 0.717) is 6.42 Å². The van der Waals surface area contributed by atoms with E-state index in [-0.39, 0.29) is 5.91 Å². The van der Waals surface area contributed by atoms with E-state index < -0.39 is 0 Å². The zero-order valence-electron chi connectivity index (χ0n) is 8.92. The highest BCUT2D eigenvalue weighted by molar-refractivity contribution is 9.09. The molecule has 0 saturated carbocycles. The number of aryl methyl sites for hydroxylation is 1. The molecule has 0 atom stereocenters. The summed E-state index contributed by atoms with van der Waals surface area (Å²) in [6.07, 6.45) is 1.45. The maximum Gasteiger partial charge on any atom is 0.224 e. The fraction of sp³-hybridized carbons (Fsp3) is 0.417. The summed E-state index contributed by atoms with van der Waals surface area (Å²) in [6, 6.07) is 8.06. The van der Waals surface area contributed by atoms with E-state index >= 15 is 0 Å². The molecule has 0 radical (unpaired) electrons. The van der Waals surface area contributed by atoms with Crippen LogP contribution >= 0.6 is 15.9 Å². The van der Waals surface area contributed by atoms with Crippen LogP contribution in [0.25, 0.3) is 0 Å². The Morgan fingerprint density at radius 1 is 1.33 bits per heavy atom. The van der Waals surface area contributed by atoms with Crippen molar-refractivity contribution in [3.8, 4) is 0 Å². The molecule has 15 heavy (non-hydrogen) atoms. The number of alkyl halides is 1. The van der Waals surface area contributed by atoms with Crippen molar-refractivity contribution >= 4 is 21.8 Å². The maximum atomic E-state index is 11.4. The first kappa shape index (κ1) is 12.2. The standard InChI is InChI=1S/C12H16BrNO/c1-10-3-5-11(6-4-10)9-12(15)14-8-2-7-13/h3-6H,2,7-9H2,1H3,(H,14,15). The second-order valence-electron chi connectivity index (χ2n) is 3.55. The summed E-state index contributed by atoms with van der Waals surface area (Å²) in [6.45, 7) is 2.79. The Hall–Kier alpha value is -0.830. The second kappa shape index (κ2) is 6.62. The zero-order valence-corrected chi connectivity index (χ0v) is 10.5. The van der Waals surface area contributed by atoms with Gasteiger partial charge in [0.25, 0.3) is 0 Å². The Balaban J connectivity index is 2.34. The van der Waals surface area contributed by atoms with E-state index in [2.05, 4.69) is 21.2 Å². The number of carbonyl (C=O) groups excluding carboxylic acids is 1. The quantitative estimate of drug-likeness (QED) is 0.646. The van der Waals surface area contributed by atoms with Crippen molar-refractivity contribution in [2.75, 3.05) is 11.9 Å². The van der Waals surface area contributed by atoms with Gasteiger partial charge in [-0.15, -0.1) is 0 Å². The van der Waals surface area contributed by atoms with Crippen LogP contribution in [-0.2, 0) is 11.2 Å². The second-order valence-corrected chi connectivity index (χ2v) is 4.35. The number of hydrogen-bond donors (Lipinski definition) is 1. The lowest BCUT2D eigenvalue weighted by molar-refractivity contribution is -0.120. The maximum absolute atomic E-state index is 11.4. The van der Waals surface area contributed by atoms with Gasteiger partial charge in [-0.3, -0.25) is 4.79 Å². The molecule has 0 heterocycles. The van der Waals surface area contributed by atoms with Gasteiger partial charge < -0.3 is 5.32 Å². The zero-order chi connectivity index (χ0) is 11.1. The van der Waals surface area contributed by atoms with Gasteiger partial charge in [0.1, 0.15) is 0 Å². The average molecular weight is 270 g/mol.